The van der Waals surface area contributed by atoms with Crippen molar-refractivity contribution in [2.24, 2.45) is 5.92 Å². The van der Waals surface area contributed by atoms with E-state index < -0.39 is 15.8 Å². The highest BCUT2D eigenvalue weighted by molar-refractivity contribution is 7.89. The van der Waals surface area contributed by atoms with E-state index in [0.717, 1.165) is 4.31 Å². The fraction of sp³-hybridized carbons (Fsp3) is 1.00. The Bertz CT molecular complexity index is 233. The van der Waals surface area contributed by atoms with Gasteiger partial charge in [0.25, 0.3) is 10.0 Å². The lowest BCUT2D eigenvalue weighted by atomic mass is 10.1. The predicted molar refractivity (Wildman–Crippen MR) is 35.7 cm³/mol. The summed E-state index contributed by atoms with van der Waals surface area (Å²) in [5, 5.41) is 0. The van der Waals surface area contributed by atoms with Crippen molar-refractivity contribution in [1.29, 1.82) is 0 Å². The lowest BCUT2D eigenvalue weighted by molar-refractivity contribution is 0.175. The van der Waals surface area contributed by atoms with Crippen LogP contribution in [0.4, 0.5) is 8.78 Å². The number of rotatable bonds is 2. The number of halogens is 2. The molecule has 6 heteroatoms. The van der Waals surface area contributed by atoms with Gasteiger partial charge in [-0.2, -0.15) is 13.1 Å². The predicted octanol–water partition coefficient (Wildman–Crippen LogP) is 0.491. The summed E-state index contributed by atoms with van der Waals surface area (Å²) in [7, 11) is -4.27. The van der Waals surface area contributed by atoms with E-state index in [-0.39, 0.29) is 19.0 Å². The number of hydrogen-bond donors (Lipinski definition) is 0. The third-order valence-corrected chi connectivity index (χ3v) is 3.08. The molecule has 1 rings (SSSR count). The van der Waals surface area contributed by atoms with Crippen molar-refractivity contribution < 1.29 is 17.2 Å². The first-order chi connectivity index (χ1) is 4.94. The van der Waals surface area contributed by atoms with Crippen molar-refractivity contribution in [3.05, 3.63) is 0 Å². The Hall–Kier alpha value is -0.230. The lowest BCUT2D eigenvalue weighted by Gasteiger charge is -2.35. The van der Waals surface area contributed by atoms with Crippen molar-refractivity contribution in [2.75, 3.05) is 13.1 Å². The average molecular weight is 185 g/mol. The Morgan fingerprint density at radius 1 is 1.45 bits per heavy atom. The van der Waals surface area contributed by atoms with Crippen LogP contribution in [0.25, 0.3) is 0 Å². The summed E-state index contributed by atoms with van der Waals surface area (Å²) in [4.78, 5) is 0. The minimum atomic E-state index is -4.27. The molecule has 1 aliphatic heterocycles. The van der Waals surface area contributed by atoms with Crippen LogP contribution in [0.15, 0.2) is 0 Å². The summed E-state index contributed by atoms with van der Waals surface area (Å²) in [6.45, 7) is 2.27. The molecule has 0 aromatic heterocycles. The maximum absolute atomic E-state index is 11.8. The third-order valence-electron chi connectivity index (χ3n) is 1.62. The highest BCUT2D eigenvalue weighted by atomic mass is 32.2. The molecule has 0 unspecified atom stereocenters. The minimum Gasteiger partial charge on any atom is -0.206 e. The molecule has 0 saturated carbocycles. The van der Waals surface area contributed by atoms with Crippen molar-refractivity contribution >= 4 is 10.0 Å². The van der Waals surface area contributed by atoms with E-state index in [1.165, 1.54) is 0 Å². The van der Waals surface area contributed by atoms with Gasteiger partial charge >= 0.3 is 5.76 Å². The lowest BCUT2D eigenvalue weighted by Crippen LogP contribution is -2.50. The molecule has 0 N–H and O–H groups in total. The molecule has 0 radical (unpaired) electrons. The topological polar surface area (TPSA) is 37.4 Å². The molecular weight excluding hydrogens is 176 g/mol. The normalized spacial score (nSPS) is 22.2. The second kappa shape index (κ2) is 2.67. The standard InChI is InChI=1S/C5H9F2NO2S/c1-4-2-8(3-4)11(9,10)5(6)7/h4-5H,2-3H2,1H3. The Morgan fingerprint density at radius 2 is 1.91 bits per heavy atom. The molecule has 1 aliphatic rings. The van der Waals surface area contributed by atoms with Crippen LogP contribution in [0.3, 0.4) is 0 Å². The molecule has 1 fully saturated rings. The van der Waals surface area contributed by atoms with E-state index in [1.54, 1.807) is 0 Å². The fourth-order valence-corrected chi connectivity index (χ4v) is 2.11. The van der Waals surface area contributed by atoms with Crippen LogP contribution in [0.1, 0.15) is 6.92 Å². The van der Waals surface area contributed by atoms with Crippen molar-refractivity contribution in [3.63, 3.8) is 0 Å². The van der Waals surface area contributed by atoms with Gasteiger partial charge in [0.1, 0.15) is 0 Å². The van der Waals surface area contributed by atoms with Gasteiger partial charge in [0.2, 0.25) is 0 Å². The Morgan fingerprint density at radius 3 is 2.18 bits per heavy atom. The van der Waals surface area contributed by atoms with Gasteiger partial charge in [-0.3, -0.25) is 0 Å². The molecule has 0 aromatic rings. The van der Waals surface area contributed by atoms with Gasteiger partial charge < -0.3 is 0 Å². The van der Waals surface area contributed by atoms with Crippen LogP contribution in [0.2, 0.25) is 0 Å². The van der Waals surface area contributed by atoms with E-state index >= 15 is 0 Å². The molecule has 0 atom stereocenters. The summed E-state index contributed by atoms with van der Waals surface area (Å²) in [5.74, 6) is -3.06. The highest BCUT2D eigenvalue weighted by Gasteiger charge is 2.38. The Balaban J connectivity index is 2.62. The smallest absolute Gasteiger partial charge is 0.206 e. The molecule has 0 aromatic carbocycles. The SMILES string of the molecule is CC1CN(S(=O)(=O)C(F)F)C1. The summed E-state index contributed by atoms with van der Waals surface area (Å²) in [6.07, 6.45) is 0. The molecule has 0 amide bonds. The number of hydrogen-bond acceptors (Lipinski definition) is 2. The first kappa shape index (κ1) is 8.86. The Labute approximate surface area is 64.0 Å². The van der Waals surface area contributed by atoms with Crippen LogP contribution >= 0.6 is 0 Å². The molecule has 1 heterocycles. The first-order valence-corrected chi connectivity index (χ1v) is 4.72. The highest BCUT2D eigenvalue weighted by Crippen LogP contribution is 2.22. The Kier molecular flexibility index (Phi) is 2.15. The van der Waals surface area contributed by atoms with Crippen LogP contribution in [0, 0.1) is 5.92 Å². The van der Waals surface area contributed by atoms with Gasteiger partial charge in [-0.25, -0.2) is 8.42 Å². The second-order valence-electron chi connectivity index (χ2n) is 2.73. The number of alkyl halides is 2. The summed E-state index contributed by atoms with van der Waals surface area (Å²) < 4.78 is 45.6. The molecule has 3 nitrogen and oxygen atoms in total. The molecule has 1 saturated heterocycles. The van der Waals surface area contributed by atoms with Gasteiger partial charge in [0, 0.05) is 13.1 Å². The average Bonchev–Trinajstić information content (AvgIpc) is 1.80. The third kappa shape index (κ3) is 1.51. The maximum Gasteiger partial charge on any atom is 0.350 e. The van der Waals surface area contributed by atoms with E-state index in [1.807, 2.05) is 6.92 Å². The molecule has 0 spiro atoms. The van der Waals surface area contributed by atoms with Gasteiger partial charge in [0.05, 0.1) is 0 Å². The van der Waals surface area contributed by atoms with Crippen molar-refractivity contribution in [1.82, 2.24) is 4.31 Å². The van der Waals surface area contributed by atoms with Crippen molar-refractivity contribution in [3.8, 4) is 0 Å². The molecule has 66 valence electrons. The minimum absolute atomic E-state index is 0.212. The van der Waals surface area contributed by atoms with Gasteiger partial charge in [-0.15, -0.1) is 0 Å². The maximum atomic E-state index is 11.8. The summed E-state index contributed by atoms with van der Waals surface area (Å²) in [5.41, 5.74) is 0. The summed E-state index contributed by atoms with van der Waals surface area (Å²) >= 11 is 0. The summed E-state index contributed by atoms with van der Waals surface area (Å²) in [6, 6.07) is 0. The molecule has 11 heavy (non-hydrogen) atoms. The number of sulfonamides is 1. The van der Waals surface area contributed by atoms with E-state index in [4.69, 9.17) is 0 Å². The van der Waals surface area contributed by atoms with Gasteiger partial charge in [0.15, 0.2) is 0 Å². The number of nitrogens with zero attached hydrogens (tertiary/aromatic N) is 1. The van der Waals surface area contributed by atoms with Gasteiger partial charge in [-0.05, 0) is 5.92 Å². The zero-order valence-electron chi connectivity index (χ0n) is 6.00. The monoisotopic (exact) mass is 185 g/mol. The van der Waals surface area contributed by atoms with Crippen LogP contribution in [-0.2, 0) is 10.0 Å². The van der Waals surface area contributed by atoms with E-state index in [0.29, 0.717) is 0 Å². The van der Waals surface area contributed by atoms with Crippen LogP contribution < -0.4 is 0 Å². The van der Waals surface area contributed by atoms with Crippen molar-refractivity contribution in [2.45, 2.75) is 12.7 Å². The molecular formula is C5H9F2NO2S. The van der Waals surface area contributed by atoms with Crippen LogP contribution in [-0.4, -0.2) is 31.6 Å². The zero-order valence-corrected chi connectivity index (χ0v) is 6.81. The second-order valence-corrected chi connectivity index (χ2v) is 4.63. The first-order valence-electron chi connectivity index (χ1n) is 3.21. The molecule has 0 aliphatic carbocycles. The van der Waals surface area contributed by atoms with E-state index in [2.05, 4.69) is 0 Å². The quantitative estimate of drug-likeness (QED) is 0.628. The van der Waals surface area contributed by atoms with Gasteiger partial charge in [-0.1, -0.05) is 6.92 Å². The fourth-order valence-electron chi connectivity index (χ4n) is 0.962. The molecule has 0 bridgehead atoms. The zero-order chi connectivity index (χ0) is 8.65. The van der Waals surface area contributed by atoms with Crippen LogP contribution in [0.5, 0.6) is 0 Å². The van der Waals surface area contributed by atoms with E-state index in [9.17, 15) is 17.2 Å². The largest absolute Gasteiger partial charge is 0.350 e.